The molecule has 0 aliphatic carbocycles. The van der Waals surface area contributed by atoms with Crippen molar-refractivity contribution in [1.82, 2.24) is 9.80 Å². The van der Waals surface area contributed by atoms with Gasteiger partial charge in [0.25, 0.3) is 0 Å². The first-order chi connectivity index (χ1) is 29.7. The average molecular weight is 917 g/mol. The van der Waals surface area contributed by atoms with Crippen LogP contribution in [0.3, 0.4) is 0 Å². The lowest BCUT2D eigenvalue weighted by atomic mass is 9.76. The Balaban J connectivity index is 2.19. The average Bonchev–Trinajstić information content (AvgIpc) is 3.24. The van der Waals surface area contributed by atoms with Crippen LogP contribution in [-0.2, 0) is 57.1 Å². The number of ether oxygens (including phenoxy) is 8. The molecular formula is C47H84N2O15. The molecule has 0 aromatic rings. The molecule has 3 rings (SSSR count). The number of nitrogens with zero attached hydrogens (tertiary/aromatic N) is 2. The van der Waals surface area contributed by atoms with Crippen molar-refractivity contribution in [1.29, 1.82) is 0 Å². The van der Waals surface area contributed by atoms with Crippen LogP contribution in [0.2, 0.25) is 0 Å². The zero-order valence-corrected chi connectivity index (χ0v) is 41.7. The molecule has 64 heavy (non-hydrogen) atoms. The van der Waals surface area contributed by atoms with Crippen LogP contribution in [-0.4, -0.2) is 174 Å². The number of esters is 2. The topological polar surface area (TPSA) is 209 Å². The van der Waals surface area contributed by atoms with E-state index in [-0.39, 0.29) is 43.8 Å². The summed E-state index contributed by atoms with van der Waals surface area (Å²) in [6, 6.07) is -0.658. The van der Waals surface area contributed by atoms with Crippen LogP contribution >= 0.6 is 0 Å². The number of aliphatic hydroxyl groups excluding tert-OH is 2. The largest absolute Gasteiger partial charge is 0.459 e. The fourth-order valence-electron chi connectivity index (χ4n) is 10.00. The minimum atomic E-state index is -1.93. The normalized spacial score (nSPS) is 42.0. The van der Waals surface area contributed by atoms with E-state index in [4.69, 9.17) is 37.9 Å². The number of carbonyl (C=O) groups is 4. The number of methoxy groups -OCH3 is 2. The smallest absolute Gasteiger partial charge is 0.311 e. The second kappa shape index (κ2) is 23.6. The lowest BCUT2D eigenvalue weighted by Crippen LogP contribution is -2.61. The molecule has 3 heterocycles. The number of Topliss-reactive ketones (excluding diaryl/α,β-unsaturated/α-hetero) is 1. The Hall–Kier alpha value is -2.32. The summed E-state index contributed by atoms with van der Waals surface area (Å²) in [6.07, 6.45) is -9.67. The molecule has 17 nitrogen and oxygen atoms in total. The molecule has 3 N–H and O–H groups in total. The van der Waals surface area contributed by atoms with E-state index in [0.29, 0.717) is 13.0 Å². The van der Waals surface area contributed by atoms with E-state index in [1.165, 1.54) is 33.0 Å². The van der Waals surface area contributed by atoms with Gasteiger partial charge in [0.05, 0.1) is 54.5 Å². The highest BCUT2D eigenvalue weighted by atomic mass is 16.7. The molecule has 18 atom stereocenters. The van der Waals surface area contributed by atoms with Gasteiger partial charge in [0.2, 0.25) is 5.91 Å². The van der Waals surface area contributed by atoms with Crippen molar-refractivity contribution in [3.63, 3.8) is 0 Å². The predicted molar refractivity (Wildman–Crippen MR) is 237 cm³/mol. The summed E-state index contributed by atoms with van der Waals surface area (Å²) < 4.78 is 51.1. The molecule has 372 valence electrons. The third-order valence-corrected chi connectivity index (χ3v) is 14.5. The summed E-state index contributed by atoms with van der Waals surface area (Å²) in [6.45, 7) is 24.8. The number of hydrogen-bond acceptors (Lipinski definition) is 16. The van der Waals surface area contributed by atoms with E-state index in [9.17, 15) is 34.5 Å². The van der Waals surface area contributed by atoms with Crippen LogP contribution in [0.1, 0.15) is 129 Å². The summed E-state index contributed by atoms with van der Waals surface area (Å²) in [5, 5.41) is 35.2. The molecule has 0 aromatic carbocycles. The summed E-state index contributed by atoms with van der Waals surface area (Å²) in [5.74, 6) is -4.89. The predicted octanol–water partition coefficient (Wildman–Crippen LogP) is 4.03. The van der Waals surface area contributed by atoms with Gasteiger partial charge in [-0.3, -0.25) is 19.2 Å². The van der Waals surface area contributed by atoms with E-state index >= 15 is 0 Å². The molecular weight excluding hydrogens is 833 g/mol. The lowest BCUT2D eigenvalue weighted by molar-refractivity contribution is -0.319. The molecule has 0 spiro atoms. The summed E-state index contributed by atoms with van der Waals surface area (Å²) in [4.78, 5) is 57.9. The van der Waals surface area contributed by atoms with Crippen molar-refractivity contribution in [2.75, 3.05) is 40.9 Å². The third-order valence-electron chi connectivity index (χ3n) is 14.5. The monoisotopic (exact) mass is 917 g/mol. The van der Waals surface area contributed by atoms with Crippen LogP contribution in [0.5, 0.6) is 0 Å². The number of carbonyl (C=O) groups excluding carboxylic acids is 4. The molecule has 3 saturated heterocycles. The highest BCUT2D eigenvalue weighted by Crippen LogP contribution is 2.42. The van der Waals surface area contributed by atoms with Gasteiger partial charge in [-0.1, -0.05) is 41.5 Å². The fourth-order valence-corrected chi connectivity index (χ4v) is 10.00. The van der Waals surface area contributed by atoms with Crippen LogP contribution in [0.25, 0.3) is 0 Å². The molecule has 17 heteroatoms. The fraction of sp³-hybridized carbons (Fsp3) is 0.915. The van der Waals surface area contributed by atoms with Crippen molar-refractivity contribution in [2.24, 2.45) is 23.7 Å². The van der Waals surface area contributed by atoms with Gasteiger partial charge in [-0.15, -0.1) is 0 Å². The van der Waals surface area contributed by atoms with Crippen LogP contribution in [0, 0.1) is 23.7 Å². The van der Waals surface area contributed by atoms with E-state index < -0.39 is 120 Å². The van der Waals surface area contributed by atoms with Gasteiger partial charge in [-0.25, -0.2) is 0 Å². The summed E-state index contributed by atoms with van der Waals surface area (Å²) >= 11 is 0. The minimum Gasteiger partial charge on any atom is -0.459 e. The second-order valence-electron chi connectivity index (χ2n) is 19.5. The summed E-state index contributed by atoms with van der Waals surface area (Å²) in [7, 11) is 4.62. The van der Waals surface area contributed by atoms with Crippen LogP contribution in [0.15, 0.2) is 0 Å². The zero-order chi connectivity index (χ0) is 48.6. The maximum absolute atomic E-state index is 14.5. The van der Waals surface area contributed by atoms with Crippen molar-refractivity contribution in [3.8, 4) is 0 Å². The number of ketones is 1. The molecule has 3 aliphatic heterocycles. The van der Waals surface area contributed by atoms with Gasteiger partial charge in [-0.2, -0.15) is 0 Å². The maximum Gasteiger partial charge on any atom is 0.311 e. The van der Waals surface area contributed by atoms with Crippen LogP contribution in [0.4, 0.5) is 0 Å². The Morgan fingerprint density at radius 2 is 1.47 bits per heavy atom. The highest BCUT2D eigenvalue weighted by Gasteiger charge is 2.54. The SMILES string of the molecule is CC[C@H]1OC(=O)[C@H](C)[C@@H](O[C@H]2C[C@@](C)(OC)C(OC(=O)CCN(CC)CC)[C@H](C)O2)[C@H](C)[C@@H](O[C@@H]2O[C@H](C)C[C@H](N(C)C(C)=O)[C@H]2O)[C@](C)(OC)C[C@@H](C)C(=O)C[C@H](C)[C@@H](O)[C@]1(C)O. The Labute approximate surface area is 382 Å². The molecule has 3 aliphatic rings. The molecule has 3 fully saturated rings. The number of rotatable bonds is 14. The number of amides is 1. The van der Waals surface area contributed by atoms with Crippen LogP contribution < -0.4 is 0 Å². The van der Waals surface area contributed by atoms with Gasteiger partial charge >= 0.3 is 11.9 Å². The van der Waals surface area contributed by atoms with Crippen molar-refractivity contribution in [3.05, 3.63) is 0 Å². The Morgan fingerprint density at radius 3 is 2.02 bits per heavy atom. The first-order valence-electron chi connectivity index (χ1n) is 23.4. The van der Waals surface area contributed by atoms with E-state index in [0.717, 1.165) is 13.1 Å². The molecule has 1 unspecified atom stereocenters. The Morgan fingerprint density at radius 1 is 0.875 bits per heavy atom. The van der Waals surface area contributed by atoms with Gasteiger partial charge in [0, 0.05) is 59.4 Å². The standard InChI is InChI=1S/C47H84N2O15/c1-17-35-47(13,56)40(54)26(4)22-34(51)27(5)24-45(11,57-15)41(64-44-38(53)33(23-28(6)59-44)48(14)32(10)50)29(7)39(30(8)43(55)61-35)63-37-25-46(12,58-16)42(31(9)60-37)62-36(52)20-21-49(18-2)19-3/h26-31,33,35,37-42,44,53-54,56H,17-25H2,1-16H3/t26-,27+,28+,29-,30+,31-,33-,35+,37-,38+,39-,40+,41+,42?,44-,45+,46+,47+/m0/s1. The van der Waals surface area contributed by atoms with E-state index in [2.05, 4.69) is 4.90 Å². The Kier molecular flexibility index (Phi) is 20.7. The lowest BCUT2D eigenvalue weighted by Gasteiger charge is -2.50. The quantitative estimate of drug-likeness (QED) is 0.210. The van der Waals surface area contributed by atoms with Crippen molar-refractivity contribution in [2.45, 2.75) is 213 Å². The third kappa shape index (κ3) is 13.2. The zero-order valence-electron chi connectivity index (χ0n) is 41.7. The first-order valence-corrected chi connectivity index (χ1v) is 23.4. The van der Waals surface area contributed by atoms with Gasteiger partial charge in [0.15, 0.2) is 18.7 Å². The van der Waals surface area contributed by atoms with Gasteiger partial charge < -0.3 is 63.0 Å². The molecule has 0 saturated carbocycles. The number of hydrogen-bond donors (Lipinski definition) is 3. The van der Waals surface area contributed by atoms with E-state index in [1.54, 1.807) is 55.5 Å². The highest BCUT2D eigenvalue weighted by molar-refractivity contribution is 5.81. The maximum atomic E-state index is 14.5. The second-order valence-corrected chi connectivity index (χ2v) is 19.5. The number of likely N-dealkylation sites (N-methyl/N-ethyl adjacent to an activating group) is 1. The molecule has 0 aromatic heterocycles. The molecule has 1 amide bonds. The molecule has 0 bridgehead atoms. The van der Waals surface area contributed by atoms with Gasteiger partial charge in [-0.05, 0) is 79.8 Å². The van der Waals surface area contributed by atoms with E-state index in [1.807, 2.05) is 27.7 Å². The Bertz CT molecular complexity index is 1530. The number of cyclic esters (lactones) is 1. The first kappa shape index (κ1) is 56.0. The van der Waals surface area contributed by atoms with Crippen molar-refractivity contribution < 1.29 is 72.4 Å². The van der Waals surface area contributed by atoms with Crippen molar-refractivity contribution >= 4 is 23.6 Å². The summed E-state index contributed by atoms with van der Waals surface area (Å²) in [5.41, 5.74) is -4.35. The number of aliphatic hydroxyl groups is 3. The van der Waals surface area contributed by atoms with Gasteiger partial charge in [0.1, 0.15) is 29.2 Å². The molecule has 0 radical (unpaired) electrons. The minimum absolute atomic E-state index is 0.0722.